The number of aryl methyl sites for hydroxylation is 1. The number of hydrogen-bond donors (Lipinski definition) is 3. The maximum absolute atomic E-state index is 13.7. The van der Waals surface area contributed by atoms with Gasteiger partial charge in [0.15, 0.2) is 0 Å². The highest BCUT2D eigenvalue weighted by Crippen LogP contribution is 2.42. The summed E-state index contributed by atoms with van der Waals surface area (Å²) >= 11 is 2.35. The summed E-state index contributed by atoms with van der Waals surface area (Å²) < 4.78 is 33.1. The van der Waals surface area contributed by atoms with Gasteiger partial charge < -0.3 is 15.2 Å². The Labute approximate surface area is 244 Å². The lowest BCUT2D eigenvalue weighted by atomic mass is 9.97. The predicted molar refractivity (Wildman–Crippen MR) is 158 cm³/mol. The van der Waals surface area contributed by atoms with Gasteiger partial charge in [-0.15, -0.1) is 23.1 Å². The Hall–Kier alpha value is -3.79. The van der Waals surface area contributed by atoms with Gasteiger partial charge in [-0.05, 0) is 63.3 Å². The summed E-state index contributed by atoms with van der Waals surface area (Å²) in [5, 5.41) is 25.8. The van der Waals surface area contributed by atoms with Crippen LogP contribution in [-0.4, -0.2) is 55.3 Å². The number of aliphatic imine (C=N–C) groups is 1. The van der Waals surface area contributed by atoms with E-state index in [9.17, 15) is 33.2 Å². The molecule has 2 aromatic carbocycles. The normalized spacial score (nSPS) is 11.9. The lowest BCUT2D eigenvalue weighted by molar-refractivity contribution is -0.384. The second kappa shape index (κ2) is 12.8. The van der Waals surface area contributed by atoms with Crippen molar-refractivity contribution in [3.8, 4) is 11.1 Å². The first-order valence-electron chi connectivity index (χ1n) is 11.9. The van der Waals surface area contributed by atoms with Gasteiger partial charge in [0.25, 0.3) is 5.69 Å². The number of carbonyl (C=O) groups is 2. The van der Waals surface area contributed by atoms with E-state index in [-0.39, 0.29) is 21.2 Å². The number of benzene rings is 2. The molecule has 0 aliphatic carbocycles. The average Bonchev–Trinajstić information content (AvgIpc) is 3.31. The molecule has 1 heterocycles. The van der Waals surface area contributed by atoms with Crippen LogP contribution in [0.4, 0.5) is 21.2 Å². The Balaban J connectivity index is 2.02. The zero-order valence-electron chi connectivity index (χ0n) is 22.8. The molecule has 0 radical (unpaired) electrons. The van der Waals surface area contributed by atoms with Crippen molar-refractivity contribution in [2.24, 2.45) is 4.99 Å². The van der Waals surface area contributed by atoms with Crippen molar-refractivity contribution >= 4 is 67.7 Å². The molecule has 0 saturated carbocycles. The van der Waals surface area contributed by atoms with Gasteiger partial charge in [0.1, 0.15) is 17.2 Å². The molecule has 3 rings (SSSR count). The van der Waals surface area contributed by atoms with Crippen molar-refractivity contribution in [3.05, 3.63) is 58.1 Å². The molecule has 0 fully saturated rings. The molecule has 0 bridgehead atoms. The zero-order valence-corrected chi connectivity index (χ0v) is 25.2. The fraction of sp³-hybridized carbons (Fsp3) is 0.269. The number of alkyl carbamates (subject to hydrolysis) is 1. The van der Waals surface area contributed by atoms with Gasteiger partial charge in [0.2, 0.25) is 15.7 Å². The highest BCUT2D eigenvalue weighted by atomic mass is 32.2. The lowest BCUT2D eigenvalue weighted by Gasteiger charge is -2.18. The number of ether oxygens (including phenoxy) is 1. The lowest BCUT2D eigenvalue weighted by Crippen LogP contribution is -2.31. The van der Waals surface area contributed by atoms with Crippen molar-refractivity contribution in [3.63, 3.8) is 0 Å². The van der Waals surface area contributed by atoms with Gasteiger partial charge in [-0.2, -0.15) is 0 Å². The van der Waals surface area contributed by atoms with Gasteiger partial charge in [0, 0.05) is 17.7 Å². The standard InChI is InChI=1S/C26H28N4O8S3/c1-15-9-17(30(34)35)11-19(29-21(32)13-31)23(15)16-7-6-8-18(10-16)41(36,37)20-12-22(40-24(20)39-5)27-14-28-25(33)38-26(2,3)4/h6-12,14,31H,13H2,1-5H3,(H,29,32)(H,27,28,33). The summed E-state index contributed by atoms with van der Waals surface area (Å²) in [5.74, 6) is -0.785. The minimum Gasteiger partial charge on any atom is -0.444 e. The zero-order chi connectivity index (χ0) is 30.5. The SMILES string of the molecule is CSc1sc(N=CNC(=O)OC(C)(C)C)cc1S(=O)(=O)c1cccc(-c2c(C)cc([N+](=O)[O-])cc2NC(=O)CO)c1. The number of nitro benzene ring substituents is 1. The van der Waals surface area contributed by atoms with Crippen molar-refractivity contribution in [2.75, 3.05) is 18.2 Å². The molecule has 15 heteroatoms. The largest absolute Gasteiger partial charge is 0.444 e. The van der Waals surface area contributed by atoms with Gasteiger partial charge in [-0.25, -0.2) is 18.2 Å². The molecule has 2 amide bonds. The van der Waals surface area contributed by atoms with Crippen LogP contribution in [0.3, 0.4) is 0 Å². The monoisotopic (exact) mass is 620 g/mol. The number of aliphatic hydroxyl groups excluding tert-OH is 1. The summed E-state index contributed by atoms with van der Waals surface area (Å²) in [6.07, 6.45) is 2.15. The summed E-state index contributed by atoms with van der Waals surface area (Å²) in [6, 6.07) is 9.82. The van der Waals surface area contributed by atoms with E-state index in [1.54, 1.807) is 40.0 Å². The number of amides is 2. The number of sulfone groups is 1. The Morgan fingerprint density at radius 2 is 1.93 bits per heavy atom. The smallest absolute Gasteiger partial charge is 0.412 e. The molecule has 0 spiro atoms. The van der Waals surface area contributed by atoms with Gasteiger partial charge in [-0.1, -0.05) is 12.1 Å². The molecule has 0 atom stereocenters. The van der Waals surface area contributed by atoms with Gasteiger partial charge in [0.05, 0.1) is 30.9 Å². The average molecular weight is 621 g/mol. The third kappa shape index (κ3) is 7.91. The molecule has 0 aliphatic heterocycles. The number of aliphatic hydroxyl groups is 1. The molecule has 3 aromatic rings. The van der Waals surface area contributed by atoms with E-state index in [0.29, 0.717) is 25.9 Å². The maximum Gasteiger partial charge on any atom is 0.412 e. The fourth-order valence-corrected chi connectivity index (χ4v) is 7.55. The first-order valence-corrected chi connectivity index (χ1v) is 15.4. The van der Waals surface area contributed by atoms with Crippen LogP contribution in [0.25, 0.3) is 11.1 Å². The van der Waals surface area contributed by atoms with Crippen LogP contribution >= 0.6 is 23.1 Å². The molecule has 218 valence electrons. The summed E-state index contributed by atoms with van der Waals surface area (Å²) in [5.41, 5.74) is 0.244. The predicted octanol–water partition coefficient (Wildman–Crippen LogP) is 5.30. The molecular weight excluding hydrogens is 593 g/mol. The molecule has 0 saturated heterocycles. The Morgan fingerprint density at radius 3 is 2.54 bits per heavy atom. The van der Waals surface area contributed by atoms with Crippen molar-refractivity contribution < 1.29 is 32.8 Å². The number of thiophene rings is 1. The van der Waals surface area contributed by atoms with Crippen LogP contribution in [0.15, 0.2) is 61.5 Å². The van der Waals surface area contributed by atoms with Crippen LogP contribution in [0.2, 0.25) is 0 Å². The number of carbonyl (C=O) groups excluding carboxylic acids is 2. The molecule has 12 nitrogen and oxygen atoms in total. The second-order valence-corrected chi connectivity index (χ2v) is 13.5. The van der Waals surface area contributed by atoms with Crippen LogP contribution in [0, 0.1) is 17.0 Å². The Kier molecular flexibility index (Phi) is 9.91. The number of hydrogen-bond acceptors (Lipinski definition) is 11. The van der Waals surface area contributed by atoms with Crippen LogP contribution in [0.1, 0.15) is 26.3 Å². The number of anilines is 1. The van der Waals surface area contributed by atoms with Crippen LogP contribution in [-0.2, 0) is 19.4 Å². The quantitative estimate of drug-likeness (QED) is 0.0941. The number of nitrogens with zero attached hydrogens (tertiary/aromatic N) is 2. The highest BCUT2D eigenvalue weighted by Gasteiger charge is 2.26. The molecule has 3 N–H and O–H groups in total. The Morgan fingerprint density at radius 1 is 1.22 bits per heavy atom. The van der Waals surface area contributed by atoms with E-state index >= 15 is 0 Å². The highest BCUT2D eigenvalue weighted by molar-refractivity contribution is 8.01. The first kappa shape index (κ1) is 31.7. The van der Waals surface area contributed by atoms with Crippen LogP contribution in [0.5, 0.6) is 0 Å². The molecule has 1 aromatic heterocycles. The molecule has 41 heavy (non-hydrogen) atoms. The topological polar surface area (TPSA) is 177 Å². The van der Waals surface area contributed by atoms with E-state index in [0.717, 1.165) is 23.7 Å². The maximum atomic E-state index is 13.7. The van der Waals surface area contributed by atoms with Crippen LogP contribution < -0.4 is 10.6 Å². The third-order valence-corrected chi connectivity index (χ3v) is 9.50. The molecule has 0 unspecified atom stereocenters. The summed E-state index contributed by atoms with van der Waals surface area (Å²) in [7, 11) is -4.06. The summed E-state index contributed by atoms with van der Waals surface area (Å²) in [4.78, 5) is 38.7. The second-order valence-electron chi connectivity index (χ2n) is 9.52. The summed E-state index contributed by atoms with van der Waals surface area (Å²) in [6.45, 7) is 5.90. The van der Waals surface area contributed by atoms with Crippen molar-refractivity contribution in [1.82, 2.24) is 5.32 Å². The number of rotatable bonds is 9. The number of nitrogens with one attached hydrogen (secondary N) is 2. The van der Waals surface area contributed by atoms with Crippen molar-refractivity contribution in [2.45, 2.75) is 47.3 Å². The minimum atomic E-state index is -4.06. The third-order valence-electron chi connectivity index (χ3n) is 5.28. The van der Waals surface area contributed by atoms with Gasteiger partial charge >= 0.3 is 6.09 Å². The number of thioether (sulfide) groups is 1. The molecular formula is C26H28N4O8S3. The minimum absolute atomic E-state index is 0.0193. The van der Waals surface area contributed by atoms with E-state index in [4.69, 9.17) is 4.74 Å². The first-order chi connectivity index (χ1) is 19.2. The molecule has 0 aliphatic rings. The van der Waals surface area contributed by atoms with E-state index in [2.05, 4.69) is 15.6 Å². The Bertz CT molecular complexity index is 1630. The van der Waals surface area contributed by atoms with Crippen molar-refractivity contribution in [1.29, 1.82) is 0 Å². The number of non-ortho nitro benzene ring substituents is 1. The van der Waals surface area contributed by atoms with E-state index in [1.807, 2.05) is 0 Å². The van der Waals surface area contributed by atoms with E-state index in [1.165, 1.54) is 42.1 Å². The van der Waals surface area contributed by atoms with E-state index < -0.39 is 39.0 Å². The van der Waals surface area contributed by atoms with Gasteiger partial charge in [-0.3, -0.25) is 20.2 Å². The number of nitro groups is 1. The fourth-order valence-electron chi connectivity index (χ4n) is 3.69.